The molecule has 1 N–H and O–H groups in total. The van der Waals surface area contributed by atoms with E-state index in [9.17, 15) is 0 Å². The molecule has 1 aliphatic rings. The van der Waals surface area contributed by atoms with Crippen LogP contribution in [-0.4, -0.2) is 13.2 Å². The molecule has 2 rings (SSSR count). The number of para-hydroxylation sites is 1. The maximum Gasteiger partial charge on any atom is 0.124 e. The van der Waals surface area contributed by atoms with Crippen LogP contribution in [0, 0.1) is 5.92 Å². The summed E-state index contributed by atoms with van der Waals surface area (Å²) in [5.74, 6) is 1.74. The Balaban J connectivity index is 1.81. The molecular formula is C17H23NO. The molecule has 0 spiro atoms. The first-order chi connectivity index (χ1) is 9.40. The number of benzene rings is 1. The molecule has 102 valence electrons. The fraction of sp³-hybridized carbons (Fsp3) is 0.412. The van der Waals surface area contributed by atoms with Crippen molar-refractivity contribution in [1.29, 1.82) is 0 Å². The first-order valence-electron chi connectivity index (χ1n) is 7.07. The van der Waals surface area contributed by atoms with Gasteiger partial charge in [0.1, 0.15) is 12.4 Å². The van der Waals surface area contributed by atoms with Crippen LogP contribution in [0.4, 0.5) is 0 Å². The van der Waals surface area contributed by atoms with Crippen molar-refractivity contribution >= 4 is 0 Å². The zero-order valence-corrected chi connectivity index (χ0v) is 11.5. The second-order valence-corrected chi connectivity index (χ2v) is 4.99. The molecule has 1 aliphatic carbocycles. The fourth-order valence-electron chi connectivity index (χ4n) is 2.39. The molecule has 1 atom stereocenters. The predicted molar refractivity (Wildman–Crippen MR) is 80.3 cm³/mol. The monoisotopic (exact) mass is 257 g/mol. The molecule has 2 nitrogen and oxygen atoms in total. The van der Waals surface area contributed by atoms with E-state index in [4.69, 9.17) is 4.74 Å². The summed E-state index contributed by atoms with van der Waals surface area (Å²) in [7, 11) is 0. The molecule has 0 heterocycles. The van der Waals surface area contributed by atoms with Gasteiger partial charge in [0, 0.05) is 12.1 Å². The van der Waals surface area contributed by atoms with Crippen molar-refractivity contribution in [3.8, 4) is 5.75 Å². The standard InChI is InChI=1S/C17H23NO/c1-2-12-19-17-11-7-6-10-16(17)14-18-13-15-8-4-3-5-9-15/h2-4,6-7,10-11,15,18H,1,5,8-9,12-14H2. The van der Waals surface area contributed by atoms with E-state index < -0.39 is 0 Å². The molecule has 0 amide bonds. The third kappa shape index (κ3) is 4.56. The van der Waals surface area contributed by atoms with Crippen LogP contribution in [0.2, 0.25) is 0 Å². The lowest BCUT2D eigenvalue weighted by Crippen LogP contribution is -2.23. The summed E-state index contributed by atoms with van der Waals surface area (Å²) in [5, 5.41) is 3.55. The van der Waals surface area contributed by atoms with Gasteiger partial charge in [-0.3, -0.25) is 0 Å². The Labute approximate surface area is 116 Å². The highest BCUT2D eigenvalue weighted by Gasteiger charge is 2.09. The van der Waals surface area contributed by atoms with Crippen LogP contribution in [0.25, 0.3) is 0 Å². The minimum absolute atomic E-state index is 0.560. The molecule has 0 bridgehead atoms. The van der Waals surface area contributed by atoms with E-state index in [1.807, 2.05) is 12.1 Å². The van der Waals surface area contributed by atoms with E-state index in [1.165, 1.54) is 24.8 Å². The topological polar surface area (TPSA) is 21.3 Å². The van der Waals surface area contributed by atoms with Crippen LogP contribution in [0.3, 0.4) is 0 Å². The summed E-state index contributed by atoms with van der Waals surface area (Å²) in [5.41, 5.74) is 1.22. The first kappa shape index (κ1) is 13.9. The molecule has 19 heavy (non-hydrogen) atoms. The smallest absolute Gasteiger partial charge is 0.124 e. The molecule has 0 aromatic heterocycles. The third-order valence-corrected chi connectivity index (χ3v) is 3.46. The number of rotatable bonds is 7. The number of hydrogen-bond donors (Lipinski definition) is 1. The van der Waals surface area contributed by atoms with Crippen molar-refractivity contribution in [2.45, 2.75) is 25.8 Å². The quantitative estimate of drug-likeness (QED) is 0.752. The van der Waals surface area contributed by atoms with Gasteiger partial charge in [-0.1, -0.05) is 43.0 Å². The average molecular weight is 257 g/mol. The highest BCUT2D eigenvalue weighted by molar-refractivity contribution is 5.33. The van der Waals surface area contributed by atoms with Crippen molar-refractivity contribution in [2.75, 3.05) is 13.2 Å². The van der Waals surface area contributed by atoms with Crippen LogP contribution in [0.1, 0.15) is 24.8 Å². The average Bonchev–Trinajstić information content (AvgIpc) is 2.47. The van der Waals surface area contributed by atoms with Gasteiger partial charge in [-0.15, -0.1) is 0 Å². The Morgan fingerprint density at radius 2 is 2.21 bits per heavy atom. The zero-order chi connectivity index (χ0) is 13.3. The number of hydrogen-bond acceptors (Lipinski definition) is 2. The lowest BCUT2D eigenvalue weighted by atomic mass is 9.94. The maximum absolute atomic E-state index is 5.66. The fourth-order valence-corrected chi connectivity index (χ4v) is 2.39. The molecule has 2 heteroatoms. The predicted octanol–water partition coefficient (Wildman–Crippen LogP) is 3.70. The molecule has 1 aromatic carbocycles. The third-order valence-electron chi connectivity index (χ3n) is 3.46. The Bertz CT molecular complexity index is 425. The Hall–Kier alpha value is -1.54. The van der Waals surface area contributed by atoms with Crippen LogP contribution < -0.4 is 10.1 Å². The van der Waals surface area contributed by atoms with Gasteiger partial charge in [-0.05, 0) is 37.8 Å². The van der Waals surface area contributed by atoms with Gasteiger partial charge in [0.2, 0.25) is 0 Å². The summed E-state index contributed by atoms with van der Waals surface area (Å²) in [6.07, 6.45) is 10.1. The van der Waals surface area contributed by atoms with Crippen LogP contribution in [0.5, 0.6) is 5.75 Å². The van der Waals surface area contributed by atoms with Gasteiger partial charge in [0.05, 0.1) is 0 Å². The van der Waals surface area contributed by atoms with Crippen molar-refractivity contribution in [3.63, 3.8) is 0 Å². The molecule has 0 saturated carbocycles. The molecule has 0 fully saturated rings. The highest BCUT2D eigenvalue weighted by atomic mass is 16.5. The van der Waals surface area contributed by atoms with Gasteiger partial charge in [-0.25, -0.2) is 0 Å². The summed E-state index contributed by atoms with van der Waals surface area (Å²) in [6, 6.07) is 8.20. The van der Waals surface area contributed by atoms with Crippen molar-refractivity contribution < 1.29 is 4.74 Å². The molecule has 0 aliphatic heterocycles. The van der Waals surface area contributed by atoms with Gasteiger partial charge < -0.3 is 10.1 Å². The molecule has 1 aromatic rings. The van der Waals surface area contributed by atoms with Gasteiger partial charge in [-0.2, -0.15) is 0 Å². The Kier molecular flexibility index (Phi) is 5.70. The van der Waals surface area contributed by atoms with Crippen molar-refractivity contribution in [3.05, 3.63) is 54.6 Å². The number of allylic oxidation sites excluding steroid dienone is 2. The SMILES string of the molecule is C=CCOc1ccccc1CNCC1CC=CCC1. The second-order valence-electron chi connectivity index (χ2n) is 4.99. The van der Waals surface area contributed by atoms with E-state index in [1.54, 1.807) is 6.08 Å². The van der Waals surface area contributed by atoms with Crippen LogP contribution in [0.15, 0.2) is 49.1 Å². The summed E-state index contributed by atoms with van der Waals surface area (Å²) in [4.78, 5) is 0. The minimum atomic E-state index is 0.560. The van der Waals surface area contributed by atoms with E-state index in [0.717, 1.165) is 24.8 Å². The Morgan fingerprint density at radius 1 is 1.32 bits per heavy atom. The number of ether oxygens (including phenoxy) is 1. The van der Waals surface area contributed by atoms with E-state index >= 15 is 0 Å². The van der Waals surface area contributed by atoms with E-state index in [-0.39, 0.29) is 0 Å². The highest BCUT2D eigenvalue weighted by Crippen LogP contribution is 2.19. The van der Waals surface area contributed by atoms with Crippen LogP contribution in [-0.2, 0) is 6.54 Å². The normalized spacial score (nSPS) is 18.2. The molecular weight excluding hydrogens is 234 g/mol. The van der Waals surface area contributed by atoms with Crippen molar-refractivity contribution in [1.82, 2.24) is 5.32 Å². The zero-order valence-electron chi connectivity index (χ0n) is 11.5. The van der Waals surface area contributed by atoms with Gasteiger partial charge in [0.25, 0.3) is 0 Å². The first-order valence-corrected chi connectivity index (χ1v) is 7.07. The van der Waals surface area contributed by atoms with Gasteiger partial charge in [0.15, 0.2) is 0 Å². The molecule has 0 saturated heterocycles. The molecule has 0 radical (unpaired) electrons. The molecule has 1 unspecified atom stereocenters. The Morgan fingerprint density at radius 3 is 3.00 bits per heavy atom. The lowest BCUT2D eigenvalue weighted by molar-refractivity contribution is 0.356. The van der Waals surface area contributed by atoms with E-state index in [0.29, 0.717) is 6.61 Å². The summed E-state index contributed by atoms with van der Waals surface area (Å²) < 4.78 is 5.66. The maximum atomic E-state index is 5.66. The minimum Gasteiger partial charge on any atom is -0.489 e. The summed E-state index contributed by atoms with van der Waals surface area (Å²) in [6.45, 7) is 6.19. The van der Waals surface area contributed by atoms with Crippen LogP contribution >= 0.6 is 0 Å². The summed E-state index contributed by atoms with van der Waals surface area (Å²) >= 11 is 0. The second kappa shape index (κ2) is 7.80. The van der Waals surface area contributed by atoms with Gasteiger partial charge >= 0.3 is 0 Å². The number of nitrogens with one attached hydrogen (secondary N) is 1. The van der Waals surface area contributed by atoms with E-state index in [2.05, 4.69) is 36.2 Å². The largest absolute Gasteiger partial charge is 0.489 e. The lowest BCUT2D eigenvalue weighted by Gasteiger charge is -2.18. The van der Waals surface area contributed by atoms with Crippen molar-refractivity contribution in [2.24, 2.45) is 5.92 Å².